The number of para-hydroxylation sites is 1. The van der Waals surface area contributed by atoms with Gasteiger partial charge in [0.25, 0.3) is 0 Å². The van der Waals surface area contributed by atoms with Crippen LogP contribution in [0.25, 0.3) is 11.0 Å². The van der Waals surface area contributed by atoms with Crippen molar-refractivity contribution in [3.63, 3.8) is 0 Å². The summed E-state index contributed by atoms with van der Waals surface area (Å²) >= 11 is 1.33. The molecule has 0 fully saturated rings. The zero-order chi connectivity index (χ0) is 20.2. The molecule has 0 aliphatic rings. The van der Waals surface area contributed by atoms with Crippen molar-refractivity contribution < 1.29 is 9.21 Å². The number of furan rings is 1. The largest absolute Gasteiger partial charge is 0.459 e. The minimum Gasteiger partial charge on any atom is -0.459 e. The van der Waals surface area contributed by atoms with E-state index in [9.17, 15) is 4.79 Å². The van der Waals surface area contributed by atoms with Crippen molar-refractivity contribution in [2.75, 3.05) is 5.75 Å². The maximum Gasteiger partial charge on any atom is 0.231 e. The molecule has 4 rings (SSSR count). The summed E-state index contributed by atoms with van der Waals surface area (Å²) in [7, 11) is 0. The molecule has 5 nitrogen and oxygen atoms in total. The fourth-order valence-corrected chi connectivity index (χ4v) is 3.96. The molecule has 0 radical (unpaired) electrons. The summed E-state index contributed by atoms with van der Waals surface area (Å²) in [5.41, 5.74) is 3.55. The van der Waals surface area contributed by atoms with E-state index in [0.717, 1.165) is 27.9 Å². The molecule has 4 aromatic rings. The summed E-state index contributed by atoms with van der Waals surface area (Å²) in [4.78, 5) is 21.5. The summed E-state index contributed by atoms with van der Waals surface area (Å²) in [5.74, 6) is 0.831. The van der Waals surface area contributed by atoms with E-state index in [1.807, 2.05) is 80.6 Å². The lowest BCUT2D eigenvalue weighted by Gasteiger charge is -2.17. The zero-order valence-corrected chi connectivity index (χ0v) is 17.1. The van der Waals surface area contributed by atoms with Crippen LogP contribution in [0.4, 0.5) is 0 Å². The van der Waals surface area contributed by atoms with Crippen molar-refractivity contribution in [2.45, 2.75) is 25.0 Å². The van der Waals surface area contributed by atoms with Gasteiger partial charge in [0.2, 0.25) is 5.91 Å². The Morgan fingerprint density at radius 2 is 1.69 bits per heavy atom. The van der Waals surface area contributed by atoms with Gasteiger partial charge in [-0.05, 0) is 37.6 Å². The summed E-state index contributed by atoms with van der Waals surface area (Å²) in [5, 5.41) is 4.72. The highest BCUT2D eigenvalue weighted by Crippen LogP contribution is 2.28. The fraction of sp³-hybridized carbons (Fsp3) is 0.174. The number of fused-ring (bicyclic) bond motifs is 1. The minimum absolute atomic E-state index is 0.105. The third-order valence-electron chi connectivity index (χ3n) is 4.46. The molecular weight excluding hydrogens is 382 g/mol. The van der Waals surface area contributed by atoms with E-state index in [2.05, 4.69) is 15.3 Å². The Balaban J connectivity index is 1.54. The van der Waals surface area contributed by atoms with Gasteiger partial charge in [0, 0.05) is 16.8 Å². The molecule has 0 saturated carbocycles. The molecule has 29 heavy (non-hydrogen) atoms. The van der Waals surface area contributed by atoms with E-state index in [0.29, 0.717) is 10.9 Å². The number of nitrogens with zero attached hydrogens (tertiary/aromatic N) is 2. The first-order valence-corrected chi connectivity index (χ1v) is 10.3. The van der Waals surface area contributed by atoms with E-state index in [1.54, 1.807) is 0 Å². The Morgan fingerprint density at radius 3 is 2.41 bits per heavy atom. The van der Waals surface area contributed by atoms with Gasteiger partial charge < -0.3 is 9.73 Å². The van der Waals surface area contributed by atoms with Crippen molar-refractivity contribution in [3.05, 3.63) is 89.4 Å². The van der Waals surface area contributed by atoms with Crippen LogP contribution in [0.2, 0.25) is 0 Å². The van der Waals surface area contributed by atoms with Crippen molar-refractivity contribution in [1.29, 1.82) is 0 Å². The lowest BCUT2D eigenvalue weighted by atomic mass is 10.0. The van der Waals surface area contributed by atoms with Crippen LogP contribution in [0, 0.1) is 13.8 Å². The third-order valence-corrected chi connectivity index (χ3v) is 5.31. The second-order valence-electron chi connectivity index (χ2n) is 6.82. The number of benzene rings is 2. The van der Waals surface area contributed by atoms with E-state index in [-0.39, 0.29) is 17.7 Å². The summed E-state index contributed by atoms with van der Waals surface area (Å²) in [6.45, 7) is 3.84. The first-order chi connectivity index (χ1) is 14.1. The van der Waals surface area contributed by atoms with Crippen molar-refractivity contribution in [2.24, 2.45) is 0 Å². The van der Waals surface area contributed by atoms with Gasteiger partial charge in [-0.2, -0.15) is 0 Å². The van der Waals surface area contributed by atoms with Crippen LogP contribution in [0.1, 0.15) is 28.8 Å². The second kappa shape index (κ2) is 8.49. The lowest BCUT2D eigenvalue weighted by Crippen LogP contribution is -2.30. The molecule has 2 heterocycles. The van der Waals surface area contributed by atoms with E-state index < -0.39 is 0 Å². The molecule has 2 aromatic carbocycles. The minimum atomic E-state index is -0.364. The van der Waals surface area contributed by atoms with Crippen molar-refractivity contribution in [1.82, 2.24) is 15.3 Å². The SMILES string of the molecule is Cc1cc(C)nc(SCC(=O)NC(c2ccccc2)c2cc3ccccc3o2)n1. The Bertz CT molecular complexity index is 1090. The zero-order valence-electron chi connectivity index (χ0n) is 16.3. The number of aromatic nitrogens is 2. The van der Waals surface area contributed by atoms with Crippen LogP contribution >= 0.6 is 11.8 Å². The Labute approximate surface area is 173 Å². The topological polar surface area (TPSA) is 68.0 Å². The Hall–Kier alpha value is -3.12. The fourth-order valence-electron chi connectivity index (χ4n) is 3.20. The molecule has 0 bridgehead atoms. The number of carbonyl (C=O) groups is 1. The van der Waals surface area contributed by atoms with Crippen LogP contribution in [0.15, 0.2) is 76.3 Å². The smallest absolute Gasteiger partial charge is 0.231 e. The second-order valence-corrected chi connectivity index (χ2v) is 7.76. The summed E-state index contributed by atoms with van der Waals surface area (Å²) in [6, 6.07) is 21.2. The molecule has 2 aromatic heterocycles. The first kappa shape index (κ1) is 19.2. The average Bonchev–Trinajstić information content (AvgIpc) is 3.14. The quantitative estimate of drug-likeness (QED) is 0.369. The van der Waals surface area contributed by atoms with E-state index in [1.165, 1.54) is 11.8 Å². The highest BCUT2D eigenvalue weighted by Gasteiger charge is 2.21. The van der Waals surface area contributed by atoms with Crippen LogP contribution in [-0.4, -0.2) is 21.6 Å². The molecular formula is C23H21N3O2S. The van der Waals surface area contributed by atoms with Crippen molar-refractivity contribution >= 4 is 28.6 Å². The predicted octanol–water partition coefficient (Wildman–Crippen LogP) is 4.84. The molecule has 0 aliphatic heterocycles. The highest BCUT2D eigenvalue weighted by atomic mass is 32.2. The normalized spacial score (nSPS) is 12.1. The van der Waals surface area contributed by atoms with Crippen LogP contribution in [-0.2, 0) is 4.79 Å². The van der Waals surface area contributed by atoms with Gasteiger partial charge in [0.1, 0.15) is 17.4 Å². The molecule has 1 amide bonds. The van der Waals surface area contributed by atoms with E-state index in [4.69, 9.17) is 4.42 Å². The van der Waals surface area contributed by atoms with Gasteiger partial charge in [-0.15, -0.1) is 0 Å². The van der Waals surface area contributed by atoms with Gasteiger partial charge >= 0.3 is 0 Å². The maximum absolute atomic E-state index is 12.7. The number of rotatable bonds is 6. The van der Waals surface area contributed by atoms with E-state index >= 15 is 0 Å². The molecule has 1 N–H and O–H groups in total. The number of aryl methyl sites for hydroxylation is 2. The first-order valence-electron chi connectivity index (χ1n) is 9.36. The summed E-state index contributed by atoms with van der Waals surface area (Å²) in [6.07, 6.45) is 0. The molecule has 146 valence electrons. The van der Waals surface area contributed by atoms with Gasteiger partial charge in [-0.25, -0.2) is 9.97 Å². The van der Waals surface area contributed by atoms with Gasteiger partial charge in [-0.3, -0.25) is 4.79 Å². The van der Waals surface area contributed by atoms with Crippen LogP contribution in [0.3, 0.4) is 0 Å². The number of hydrogen-bond acceptors (Lipinski definition) is 5. The highest BCUT2D eigenvalue weighted by molar-refractivity contribution is 7.99. The number of thioether (sulfide) groups is 1. The third kappa shape index (κ3) is 4.66. The number of amides is 1. The molecule has 0 saturated heterocycles. The number of nitrogens with one attached hydrogen (secondary N) is 1. The monoisotopic (exact) mass is 403 g/mol. The predicted molar refractivity (Wildman–Crippen MR) is 115 cm³/mol. The summed E-state index contributed by atoms with van der Waals surface area (Å²) < 4.78 is 6.03. The van der Waals surface area contributed by atoms with Gasteiger partial charge in [0.05, 0.1) is 5.75 Å². The molecule has 0 aliphatic carbocycles. The van der Waals surface area contributed by atoms with Crippen LogP contribution in [0.5, 0.6) is 0 Å². The Morgan fingerprint density at radius 1 is 1.00 bits per heavy atom. The molecule has 6 heteroatoms. The van der Waals surface area contributed by atoms with Gasteiger partial charge in [-0.1, -0.05) is 60.3 Å². The molecule has 1 unspecified atom stereocenters. The number of hydrogen-bond donors (Lipinski definition) is 1. The lowest BCUT2D eigenvalue weighted by molar-refractivity contribution is -0.119. The average molecular weight is 404 g/mol. The Kier molecular flexibility index (Phi) is 5.62. The maximum atomic E-state index is 12.7. The molecule has 1 atom stereocenters. The van der Waals surface area contributed by atoms with Crippen LogP contribution < -0.4 is 5.32 Å². The molecule has 0 spiro atoms. The standard InChI is InChI=1S/C23H21N3O2S/c1-15-12-16(2)25-23(24-15)29-14-21(27)26-22(17-8-4-3-5-9-17)20-13-18-10-6-7-11-19(18)28-20/h3-13,22H,14H2,1-2H3,(H,26,27). The van der Waals surface area contributed by atoms with Gasteiger partial charge in [0.15, 0.2) is 5.16 Å². The number of carbonyl (C=O) groups excluding carboxylic acids is 1. The van der Waals surface area contributed by atoms with Crippen molar-refractivity contribution in [3.8, 4) is 0 Å².